The smallest absolute Gasteiger partial charge is 0.338 e. The quantitative estimate of drug-likeness (QED) is 0.751. The van der Waals surface area contributed by atoms with Gasteiger partial charge in [-0.25, -0.2) is 4.79 Å². The average Bonchev–Trinajstić information content (AvgIpc) is 2.70. The molecule has 2 aromatic carbocycles. The van der Waals surface area contributed by atoms with Gasteiger partial charge in [0.25, 0.3) is 5.91 Å². The maximum absolute atomic E-state index is 12.5. The van der Waals surface area contributed by atoms with Crippen molar-refractivity contribution in [2.45, 2.75) is 51.5 Å². The van der Waals surface area contributed by atoms with E-state index in [9.17, 15) is 9.59 Å². The highest BCUT2D eigenvalue weighted by atomic mass is 16.5. The fraction of sp³-hybridized carbons (Fsp3) is 0.520. The molecule has 0 unspecified atom stereocenters. The highest BCUT2D eigenvalue weighted by Crippen LogP contribution is 2.61. The molecule has 0 heterocycles. The number of ether oxygens (including phenoxy) is 1. The molecular formula is C25H29NO3. The predicted molar refractivity (Wildman–Crippen MR) is 112 cm³/mol. The van der Waals surface area contributed by atoms with Gasteiger partial charge in [-0.05, 0) is 91.5 Å². The van der Waals surface area contributed by atoms with Crippen molar-refractivity contribution in [1.29, 1.82) is 0 Å². The van der Waals surface area contributed by atoms with E-state index in [0.29, 0.717) is 5.56 Å². The molecule has 0 spiro atoms. The molecule has 1 atom stereocenters. The van der Waals surface area contributed by atoms with Crippen molar-refractivity contribution < 1.29 is 14.3 Å². The average molecular weight is 392 g/mol. The van der Waals surface area contributed by atoms with Crippen molar-refractivity contribution in [2.75, 3.05) is 6.61 Å². The first kappa shape index (κ1) is 18.7. The Labute approximate surface area is 172 Å². The Balaban J connectivity index is 1.18. The first-order chi connectivity index (χ1) is 14.0. The van der Waals surface area contributed by atoms with Crippen LogP contribution in [0.4, 0.5) is 0 Å². The summed E-state index contributed by atoms with van der Waals surface area (Å²) in [5, 5.41) is 5.22. The van der Waals surface area contributed by atoms with Crippen molar-refractivity contribution in [2.24, 2.45) is 23.2 Å². The third kappa shape index (κ3) is 3.54. The largest absolute Gasteiger partial charge is 0.452 e. The normalized spacial score (nSPS) is 30.9. The van der Waals surface area contributed by atoms with E-state index in [4.69, 9.17) is 4.74 Å². The number of carbonyl (C=O) groups is 2. The lowest BCUT2D eigenvalue weighted by Gasteiger charge is -2.59. The minimum atomic E-state index is -0.451. The molecule has 4 aliphatic rings. The van der Waals surface area contributed by atoms with E-state index < -0.39 is 5.97 Å². The van der Waals surface area contributed by atoms with Crippen LogP contribution in [-0.4, -0.2) is 24.5 Å². The van der Waals surface area contributed by atoms with Crippen molar-refractivity contribution in [3.63, 3.8) is 0 Å². The Kier molecular flexibility index (Phi) is 4.60. The lowest BCUT2D eigenvalue weighted by atomic mass is 9.48. The van der Waals surface area contributed by atoms with Gasteiger partial charge < -0.3 is 10.1 Å². The molecule has 152 valence electrons. The van der Waals surface area contributed by atoms with Crippen LogP contribution in [0.2, 0.25) is 0 Å². The third-order valence-corrected chi connectivity index (χ3v) is 7.70. The lowest BCUT2D eigenvalue weighted by Crippen LogP contribution is -2.56. The summed E-state index contributed by atoms with van der Waals surface area (Å²) in [6.45, 7) is 1.93. The van der Waals surface area contributed by atoms with Crippen molar-refractivity contribution >= 4 is 22.6 Å². The number of hydrogen-bond acceptors (Lipinski definition) is 3. The zero-order chi connectivity index (χ0) is 20.0. The molecule has 1 N–H and O–H groups in total. The Morgan fingerprint density at radius 3 is 2.28 bits per heavy atom. The number of hydrogen-bond donors (Lipinski definition) is 1. The number of fused-ring (bicyclic) bond motifs is 1. The molecule has 4 saturated carbocycles. The molecule has 0 saturated heterocycles. The summed E-state index contributed by atoms with van der Waals surface area (Å²) in [6, 6.07) is 13.5. The van der Waals surface area contributed by atoms with Crippen LogP contribution >= 0.6 is 0 Å². The second-order valence-corrected chi connectivity index (χ2v) is 9.71. The second kappa shape index (κ2) is 7.16. The van der Waals surface area contributed by atoms with Crippen molar-refractivity contribution in [1.82, 2.24) is 5.32 Å². The number of amides is 1. The predicted octanol–water partition coefficient (Wildman–Crippen LogP) is 4.72. The van der Waals surface area contributed by atoms with Crippen molar-refractivity contribution in [3.05, 3.63) is 48.0 Å². The maximum Gasteiger partial charge on any atom is 0.338 e. The van der Waals surface area contributed by atoms with Gasteiger partial charge in [0, 0.05) is 6.04 Å². The van der Waals surface area contributed by atoms with Crippen LogP contribution < -0.4 is 5.32 Å². The lowest BCUT2D eigenvalue weighted by molar-refractivity contribution is -0.128. The molecule has 0 aromatic heterocycles. The Bertz CT molecular complexity index is 915. The van der Waals surface area contributed by atoms with E-state index in [-0.39, 0.29) is 24.0 Å². The molecule has 6 rings (SSSR count). The van der Waals surface area contributed by atoms with Crippen LogP contribution in [0.3, 0.4) is 0 Å². The van der Waals surface area contributed by atoms with Gasteiger partial charge in [0.2, 0.25) is 0 Å². The molecule has 4 fully saturated rings. The number of carbonyl (C=O) groups excluding carboxylic acids is 2. The summed E-state index contributed by atoms with van der Waals surface area (Å²) in [7, 11) is 0. The fourth-order valence-electron chi connectivity index (χ4n) is 6.67. The van der Waals surface area contributed by atoms with Gasteiger partial charge in [-0.15, -0.1) is 0 Å². The van der Waals surface area contributed by atoms with Crippen LogP contribution in [0.25, 0.3) is 10.8 Å². The van der Waals surface area contributed by atoms with Crippen LogP contribution in [0.1, 0.15) is 55.8 Å². The zero-order valence-electron chi connectivity index (χ0n) is 17.0. The van der Waals surface area contributed by atoms with E-state index >= 15 is 0 Å². The Hall–Kier alpha value is -2.36. The summed E-state index contributed by atoms with van der Waals surface area (Å²) in [6.07, 6.45) is 7.92. The molecule has 0 radical (unpaired) electrons. The summed E-state index contributed by atoms with van der Waals surface area (Å²) >= 11 is 0. The molecule has 29 heavy (non-hydrogen) atoms. The molecule has 0 aliphatic heterocycles. The van der Waals surface area contributed by atoms with E-state index in [1.165, 1.54) is 38.5 Å². The topological polar surface area (TPSA) is 55.4 Å². The first-order valence-corrected chi connectivity index (χ1v) is 11.0. The van der Waals surface area contributed by atoms with Crippen LogP contribution in [-0.2, 0) is 9.53 Å². The number of rotatable bonds is 5. The fourth-order valence-corrected chi connectivity index (χ4v) is 6.67. The molecule has 4 heteroatoms. The maximum atomic E-state index is 12.5. The monoisotopic (exact) mass is 391 g/mol. The number of nitrogens with one attached hydrogen (secondary N) is 1. The van der Waals surface area contributed by atoms with Gasteiger partial charge in [0.1, 0.15) is 0 Å². The van der Waals surface area contributed by atoms with Crippen LogP contribution in [0, 0.1) is 23.2 Å². The van der Waals surface area contributed by atoms with E-state index in [0.717, 1.165) is 28.5 Å². The molecule has 4 bridgehead atoms. The van der Waals surface area contributed by atoms with Crippen molar-refractivity contribution in [3.8, 4) is 0 Å². The second-order valence-electron chi connectivity index (χ2n) is 9.71. The summed E-state index contributed by atoms with van der Waals surface area (Å²) in [5.74, 6) is 1.92. The van der Waals surface area contributed by atoms with Crippen LogP contribution in [0.15, 0.2) is 42.5 Å². The highest BCUT2D eigenvalue weighted by Gasteiger charge is 2.53. The number of benzene rings is 2. The van der Waals surface area contributed by atoms with E-state index in [1.54, 1.807) is 6.07 Å². The van der Waals surface area contributed by atoms with Gasteiger partial charge in [-0.2, -0.15) is 0 Å². The molecule has 4 aliphatic carbocycles. The van der Waals surface area contributed by atoms with Gasteiger partial charge in [-0.3, -0.25) is 4.79 Å². The van der Waals surface area contributed by atoms with Gasteiger partial charge >= 0.3 is 5.97 Å². The standard InChI is InChI=1S/C25H29NO3/c1-16(25-12-17-8-18(13-25)10-19(9-17)14-25)26-23(27)15-29-24(28)22-7-6-20-4-2-3-5-21(20)11-22/h2-7,11,16-19H,8-10,12-15H2,1H3,(H,26,27)/t16-,17?,18?,19?,25?/m0/s1. The minimum Gasteiger partial charge on any atom is -0.452 e. The SMILES string of the molecule is C[C@H](NC(=O)COC(=O)c1ccc2ccccc2c1)C12CC3CC(CC(C3)C1)C2. The Morgan fingerprint density at radius 1 is 1.00 bits per heavy atom. The zero-order valence-corrected chi connectivity index (χ0v) is 17.0. The summed E-state index contributed by atoms with van der Waals surface area (Å²) in [4.78, 5) is 24.9. The number of esters is 1. The third-order valence-electron chi connectivity index (χ3n) is 7.70. The molecule has 2 aromatic rings. The molecule has 1 amide bonds. The van der Waals surface area contributed by atoms with E-state index in [2.05, 4.69) is 12.2 Å². The van der Waals surface area contributed by atoms with Gasteiger partial charge in [0.05, 0.1) is 5.56 Å². The van der Waals surface area contributed by atoms with E-state index in [1.807, 2.05) is 36.4 Å². The molecular weight excluding hydrogens is 362 g/mol. The highest BCUT2D eigenvalue weighted by molar-refractivity contribution is 5.96. The Morgan fingerprint density at radius 2 is 1.62 bits per heavy atom. The van der Waals surface area contributed by atoms with Crippen LogP contribution in [0.5, 0.6) is 0 Å². The first-order valence-electron chi connectivity index (χ1n) is 11.0. The van der Waals surface area contributed by atoms with Gasteiger partial charge in [-0.1, -0.05) is 30.3 Å². The minimum absolute atomic E-state index is 0.141. The van der Waals surface area contributed by atoms with Gasteiger partial charge in [0.15, 0.2) is 6.61 Å². The summed E-state index contributed by atoms with van der Waals surface area (Å²) < 4.78 is 5.31. The summed E-state index contributed by atoms with van der Waals surface area (Å²) in [5.41, 5.74) is 0.734. The molecule has 4 nitrogen and oxygen atoms in total.